The van der Waals surface area contributed by atoms with E-state index in [0.29, 0.717) is 17.4 Å². The minimum absolute atomic E-state index is 0.197. The maximum absolute atomic E-state index is 12.3. The van der Waals surface area contributed by atoms with Crippen molar-refractivity contribution in [3.05, 3.63) is 46.6 Å². The van der Waals surface area contributed by atoms with E-state index in [4.69, 9.17) is 4.52 Å². The molecular weight excluding hydrogens is 308 g/mol. The first kappa shape index (κ1) is 16.4. The molecule has 0 aliphatic rings. The molecule has 0 saturated heterocycles. The summed E-state index contributed by atoms with van der Waals surface area (Å²) in [5.74, 6) is 1.13. The third kappa shape index (κ3) is 2.96. The Morgan fingerprint density at radius 1 is 1.21 bits per heavy atom. The molecule has 1 N–H and O–H groups in total. The van der Waals surface area contributed by atoms with Crippen molar-refractivity contribution in [1.82, 2.24) is 29.6 Å². The third-order valence-corrected chi connectivity index (χ3v) is 3.79. The lowest BCUT2D eigenvalue weighted by molar-refractivity contribution is 0.293. The van der Waals surface area contributed by atoms with Crippen LogP contribution in [0, 0.1) is 0 Å². The van der Waals surface area contributed by atoms with Crippen LogP contribution in [0.2, 0.25) is 0 Å². The van der Waals surface area contributed by atoms with E-state index in [-0.39, 0.29) is 17.8 Å². The maximum atomic E-state index is 12.3. The van der Waals surface area contributed by atoms with E-state index in [1.165, 1.54) is 9.08 Å². The Balaban J connectivity index is 1.80. The molecule has 0 bridgehead atoms. The van der Waals surface area contributed by atoms with Gasteiger partial charge in [-0.05, 0) is 26.0 Å². The van der Waals surface area contributed by atoms with Crippen LogP contribution in [0.5, 0.6) is 0 Å². The number of nitrogens with zero attached hydrogens (tertiary/aromatic N) is 5. The van der Waals surface area contributed by atoms with Crippen molar-refractivity contribution in [1.29, 1.82) is 0 Å². The van der Waals surface area contributed by atoms with Crippen molar-refractivity contribution in [3.63, 3.8) is 0 Å². The molecule has 0 radical (unpaired) electrons. The molecule has 0 saturated carbocycles. The average Bonchev–Trinajstić information content (AvgIpc) is 3.12. The van der Waals surface area contributed by atoms with Gasteiger partial charge >= 0.3 is 5.69 Å². The minimum Gasteiger partial charge on any atom is -0.339 e. The molecule has 3 rings (SSSR count). The SMILES string of the molecule is CC(C)(C)c1nc(C(C)(C)NCn2nc3ccccn3c2=O)no1. The van der Waals surface area contributed by atoms with Crippen LogP contribution >= 0.6 is 0 Å². The fraction of sp³-hybridized carbons (Fsp3) is 0.500. The zero-order chi connectivity index (χ0) is 17.5. The molecule has 3 aromatic rings. The van der Waals surface area contributed by atoms with Gasteiger partial charge in [-0.25, -0.2) is 4.79 Å². The number of pyridine rings is 1. The number of fused-ring (bicyclic) bond motifs is 1. The summed E-state index contributed by atoms with van der Waals surface area (Å²) in [6.45, 7) is 10.2. The van der Waals surface area contributed by atoms with Crippen molar-refractivity contribution >= 4 is 5.65 Å². The van der Waals surface area contributed by atoms with E-state index < -0.39 is 5.54 Å². The lowest BCUT2D eigenvalue weighted by atomic mass is 9.97. The summed E-state index contributed by atoms with van der Waals surface area (Å²) in [5, 5.41) is 11.6. The molecule has 0 aromatic carbocycles. The molecule has 0 spiro atoms. The Bertz CT molecular complexity index is 912. The van der Waals surface area contributed by atoms with Crippen LogP contribution in [0.1, 0.15) is 46.3 Å². The van der Waals surface area contributed by atoms with Gasteiger partial charge in [-0.3, -0.25) is 9.72 Å². The van der Waals surface area contributed by atoms with E-state index in [2.05, 4.69) is 20.6 Å². The Hall–Kier alpha value is -2.48. The summed E-state index contributed by atoms with van der Waals surface area (Å²) in [6.07, 6.45) is 1.70. The van der Waals surface area contributed by atoms with Crippen LogP contribution < -0.4 is 11.0 Å². The lowest BCUT2D eigenvalue weighted by Crippen LogP contribution is -2.41. The van der Waals surface area contributed by atoms with Crippen molar-refractivity contribution in [2.45, 2.75) is 52.2 Å². The largest absolute Gasteiger partial charge is 0.351 e. The average molecular weight is 330 g/mol. The zero-order valence-corrected chi connectivity index (χ0v) is 14.6. The first-order valence-corrected chi connectivity index (χ1v) is 7.82. The normalized spacial score (nSPS) is 12.9. The Labute approximate surface area is 139 Å². The summed E-state index contributed by atoms with van der Waals surface area (Å²) in [6, 6.07) is 5.43. The first-order chi connectivity index (χ1) is 11.2. The highest BCUT2D eigenvalue weighted by Gasteiger charge is 2.30. The van der Waals surface area contributed by atoms with Crippen LogP contribution in [0.4, 0.5) is 0 Å². The Kier molecular flexibility index (Phi) is 3.79. The van der Waals surface area contributed by atoms with Gasteiger partial charge in [-0.2, -0.15) is 9.67 Å². The highest BCUT2D eigenvalue weighted by Crippen LogP contribution is 2.23. The second-order valence-electron chi connectivity index (χ2n) is 7.34. The molecule has 24 heavy (non-hydrogen) atoms. The fourth-order valence-corrected chi connectivity index (χ4v) is 2.20. The van der Waals surface area contributed by atoms with E-state index in [1.54, 1.807) is 18.3 Å². The second kappa shape index (κ2) is 5.55. The number of nitrogens with one attached hydrogen (secondary N) is 1. The van der Waals surface area contributed by atoms with Crippen molar-refractivity contribution < 1.29 is 4.52 Å². The molecule has 8 heteroatoms. The highest BCUT2D eigenvalue weighted by molar-refractivity contribution is 5.35. The summed E-state index contributed by atoms with van der Waals surface area (Å²) in [5.41, 5.74) is -0.365. The molecular formula is C16H22N6O2. The van der Waals surface area contributed by atoms with Crippen molar-refractivity contribution in [3.8, 4) is 0 Å². The maximum Gasteiger partial charge on any atom is 0.351 e. The van der Waals surface area contributed by atoms with Crippen molar-refractivity contribution in [2.75, 3.05) is 0 Å². The molecule has 0 aliphatic heterocycles. The topological polar surface area (TPSA) is 90.2 Å². The van der Waals surface area contributed by atoms with E-state index in [9.17, 15) is 4.79 Å². The van der Waals surface area contributed by atoms with Gasteiger partial charge in [0.25, 0.3) is 0 Å². The Morgan fingerprint density at radius 3 is 2.58 bits per heavy atom. The molecule has 3 aromatic heterocycles. The van der Waals surface area contributed by atoms with Gasteiger partial charge in [0, 0.05) is 11.6 Å². The molecule has 0 fully saturated rings. The highest BCUT2D eigenvalue weighted by atomic mass is 16.5. The van der Waals surface area contributed by atoms with Crippen molar-refractivity contribution in [2.24, 2.45) is 0 Å². The van der Waals surface area contributed by atoms with Gasteiger partial charge in [0.2, 0.25) is 5.89 Å². The van der Waals surface area contributed by atoms with Crippen LogP contribution in [0.15, 0.2) is 33.7 Å². The number of hydrogen-bond donors (Lipinski definition) is 1. The molecule has 0 aliphatic carbocycles. The lowest BCUT2D eigenvalue weighted by Gasteiger charge is -2.22. The molecule has 0 amide bonds. The Morgan fingerprint density at radius 2 is 1.96 bits per heavy atom. The number of rotatable bonds is 4. The predicted molar refractivity (Wildman–Crippen MR) is 88.6 cm³/mol. The van der Waals surface area contributed by atoms with Gasteiger partial charge in [-0.1, -0.05) is 32.0 Å². The third-order valence-electron chi connectivity index (χ3n) is 3.79. The summed E-state index contributed by atoms with van der Waals surface area (Å²) in [7, 11) is 0. The molecule has 0 unspecified atom stereocenters. The zero-order valence-electron chi connectivity index (χ0n) is 14.6. The van der Waals surface area contributed by atoms with Gasteiger partial charge in [-0.15, -0.1) is 5.10 Å². The fourth-order valence-electron chi connectivity index (χ4n) is 2.20. The summed E-state index contributed by atoms with van der Waals surface area (Å²) in [4.78, 5) is 16.8. The van der Waals surface area contributed by atoms with Gasteiger partial charge in [0.1, 0.15) is 0 Å². The van der Waals surface area contributed by atoms with E-state index in [1.807, 2.05) is 40.7 Å². The smallest absolute Gasteiger partial charge is 0.339 e. The van der Waals surface area contributed by atoms with Gasteiger partial charge < -0.3 is 4.52 Å². The van der Waals surface area contributed by atoms with E-state index in [0.717, 1.165) is 0 Å². The van der Waals surface area contributed by atoms with Gasteiger partial charge in [0.05, 0.1) is 12.2 Å². The van der Waals surface area contributed by atoms with E-state index >= 15 is 0 Å². The summed E-state index contributed by atoms with van der Waals surface area (Å²) < 4.78 is 8.23. The second-order valence-corrected chi connectivity index (χ2v) is 7.34. The van der Waals surface area contributed by atoms with Crippen LogP contribution in [0.25, 0.3) is 5.65 Å². The monoisotopic (exact) mass is 330 g/mol. The van der Waals surface area contributed by atoms with Crippen LogP contribution in [0.3, 0.4) is 0 Å². The molecule has 128 valence electrons. The predicted octanol–water partition coefficient (Wildman–Crippen LogP) is 1.66. The standard InChI is InChI=1S/C16H22N6O2/c1-15(2,3)13-18-12(20-24-13)16(4,5)17-10-22-14(23)21-9-7-6-8-11(21)19-22/h6-9,17H,10H2,1-5H3. The molecule has 0 atom stereocenters. The quantitative estimate of drug-likeness (QED) is 0.782. The number of aromatic nitrogens is 5. The minimum atomic E-state index is -0.567. The van der Waals surface area contributed by atoms with Crippen LogP contribution in [-0.2, 0) is 17.6 Å². The molecule has 8 nitrogen and oxygen atoms in total. The first-order valence-electron chi connectivity index (χ1n) is 7.82. The molecule has 3 heterocycles. The van der Waals surface area contributed by atoms with Crippen LogP contribution in [-0.4, -0.2) is 24.3 Å². The summed E-state index contributed by atoms with van der Waals surface area (Å²) >= 11 is 0. The van der Waals surface area contributed by atoms with Gasteiger partial charge in [0.15, 0.2) is 11.5 Å². The number of hydrogen-bond acceptors (Lipinski definition) is 6.